The lowest BCUT2D eigenvalue weighted by atomic mass is 9.94. The molecule has 0 spiro atoms. The number of carbonyl (C=O) groups excluding carboxylic acids is 1. The minimum absolute atomic E-state index is 0.211. The number of nitrogens with zero attached hydrogens (tertiary/aromatic N) is 4. The molecule has 5 heteroatoms. The van der Waals surface area contributed by atoms with Gasteiger partial charge in [-0.3, -0.25) is 9.48 Å². The molecule has 2 heterocycles. The second kappa shape index (κ2) is 6.94. The van der Waals surface area contributed by atoms with E-state index in [2.05, 4.69) is 42.1 Å². The Morgan fingerprint density at radius 1 is 1.35 bits per heavy atom. The van der Waals surface area contributed by atoms with Crippen molar-refractivity contribution in [1.29, 1.82) is 0 Å². The number of amides is 1. The van der Waals surface area contributed by atoms with E-state index in [4.69, 9.17) is 0 Å². The van der Waals surface area contributed by atoms with Crippen molar-refractivity contribution in [3.05, 3.63) is 42.0 Å². The SMILES string of the molecule is CC(C)c1ccc2c(c1)CCCN2C(=O)CCCn1cncn1. The maximum Gasteiger partial charge on any atom is 0.227 e. The van der Waals surface area contributed by atoms with E-state index >= 15 is 0 Å². The first-order valence-electron chi connectivity index (χ1n) is 8.41. The molecule has 0 saturated carbocycles. The molecule has 23 heavy (non-hydrogen) atoms. The van der Waals surface area contributed by atoms with Crippen LogP contribution in [-0.4, -0.2) is 27.2 Å². The molecule has 0 aliphatic carbocycles. The lowest BCUT2D eigenvalue weighted by Gasteiger charge is -2.30. The number of fused-ring (bicyclic) bond motifs is 1. The first-order valence-corrected chi connectivity index (χ1v) is 8.41. The molecule has 5 nitrogen and oxygen atoms in total. The van der Waals surface area contributed by atoms with Gasteiger partial charge in [-0.25, -0.2) is 4.98 Å². The predicted molar refractivity (Wildman–Crippen MR) is 90.5 cm³/mol. The van der Waals surface area contributed by atoms with Gasteiger partial charge in [0.1, 0.15) is 12.7 Å². The van der Waals surface area contributed by atoms with E-state index in [0.717, 1.165) is 38.0 Å². The first kappa shape index (κ1) is 15.7. The zero-order valence-corrected chi connectivity index (χ0v) is 13.9. The van der Waals surface area contributed by atoms with Crippen molar-refractivity contribution in [3.8, 4) is 0 Å². The molecule has 1 aliphatic heterocycles. The highest BCUT2D eigenvalue weighted by atomic mass is 16.2. The average Bonchev–Trinajstić information content (AvgIpc) is 3.07. The summed E-state index contributed by atoms with van der Waals surface area (Å²) in [4.78, 5) is 18.5. The van der Waals surface area contributed by atoms with Crippen molar-refractivity contribution in [3.63, 3.8) is 0 Å². The van der Waals surface area contributed by atoms with Gasteiger partial charge in [0.15, 0.2) is 0 Å². The fourth-order valence-corrected chi connectivity index (χ4v) is 3.11. The lowest BCUT2D eigenvalue weighted by molar-refractivity contribution is -0.118. The van der Waals surface area contributed by atoms with E-state index in [1.54, 1.807) is 11.0 Å². The summed E-state index contributed by atoms with van der Waals surface area (Å²) in [6, 6.07) is 6.55. The fraction of sp³-hybridized carbons (Fsp3) is 0.500. The minimum atomic E-state index is 0.211. The molecule has 0 N–H and O–H groups in total. The number of hydrogen-bond acceptors (Lipinski definition) is 3. The maximum atomic E-state index is 12.6. The van der Waals surface area contributed by atoms with E-state index in [9.17, 15) is 4.79 Å². The predicted octanol–water partition coefficient (Wildman–Crippen LogP) is 3.16. The van der Waals surface area contributed by atoms with E-state index in [0.29, 0.717) is 12.3 Å². The standard InChI is InChI=1S/C18H24N4O/c1-14(2)15-7-8-17-16(11-15)5-3-10-22(17)18(23)6-4-9-21-13-19-12-20-21/h7-8,11-14H,3-6,9-10H2,1-2H3. The molecule has 1 amide bonds. The second-order valence-electron chi connectivity index (χ2n) is 6.45. The van der Waals surface area contributed by atoms with Crippen molar-refractivity contribution >= 4 is 11.6 Å². The van der Waals surface area contributed by atoms with Crippen LogP contribution in [0.1, 0.15) is 50.2 Å². The van der Waals surface area contributed by atoms with Crippen LogP contribution in [0, 0.1) is 0 Å². The third-order valence-corrected chi connectivity index (χ3v) is 4.43. The maximum absolute atomic E-state index is 12.6. The second-order valence-corrected chi connectivity index (χ2v) is 6.45. The van der Waals surface area contributed by atoms with Crippen LogP contribution in [0.2, 0.25) is 0 Å². The van der Waals surface area contributed by atoms with E-state index < -0.39 is 0 Å². The number of benzene rings is 1. The molecule has 122 valence electrons. The Morgan fingerprint density at radius 2 is 2.22 bits per heavy atom. The summed E-state index contributed by atoms with van der Waals surface area (Å²) in [5, 5.41) is 4.07. The Bertz CT molecular complexity index is 664. The molecular weight excluding hydrogens is 288 g/mol. The lowest BCUT2D eigenvalue weighted by Crippen LogP contribution is -2.35. The zero-order valence-electron chi connectivity index (χ0n) is 13.9. The largest absolute Gasteiger partial charge is 0.312 e. The summed E-state index contributed by atoms with van der Waals surface area (Å²) in [6.07, 6.45) is 6.66. The molecule has 1 aromatic carbocycles. The van der Waals surface area contributed by atoms with Crippen molar-refractivity contribution in [1.82, 2.24) is 14.8 Å². The Kier molecular flexibility index (Phi) is 4.74. The zero-order chi connectivity index (χ0) is 16.2. The summed E-state index contributed by atoms with van der Waals surface area (Å²) < 4.78 is 1.77. The van der Waals surface area contributed by atoms with Crippen molar-refractivity contribution in [2.45, 2.75) is 52.0 Å². The van der Waals surface area contributed by atoms with Gasteiger partial charge < -0.3 is 4.90 Å². The van der Waals surface area contributed by atoms with E-state index in [-0.39, 0.29) is 5.91 Å². The molecule has 0 saturated heterocycles. The highest BCUT2D eigenvalue weighted by Gasteiger charge is 2.22. The first-order chi connectivity index (χ1) is 11.1. The monoisotopic (exact) mass is 312 g/mol. The van der Waals surface area contributed by atoms with Crippen molar-refractivity contribution in [2.24, 2.45) is 0 Å². The summed E-state index contributed by atoms with van der Waals surface area (Å²) in [6.45, 7) is 5.98. The third-order valence-electron chi connectivity index (χ3n) is 4.43. The highest BCUT2D eigenvalue weighted by Crippen LogP contribution is 2.30. The van der Waals surface area contributed by atoms with Gasteiger partial charge in [-0.15, -0.1) is 0 Å². The number of aromatic nitrogens is 3. The molecule has 1 aromatic heterocycles. The van der Waals surface area contributed by atoms with Crippen LogP contribution in [0.25, 0.3) is 0 Å². The number of anilines is 1. The van der Waals surface area contributed by atoms with Crippen LogP contribution in [0.3, 0.4) is 0 Å². The Hall–Kier alpha value is -2.17. The Labute approximate surface area is 137 Å². The normalized spacial score (nSPS) is 14.1. The summed E-state index contributed by atoms with van der Waals surface area (Å²) in [7, 11) is 0. The van der Waals surface area contributed by atoms with Gasteiger partial charge in [0.05, 0.1) is 0 Å². The van der Waals surface area contributed by atoms with E-state index in [1.165, 1.54) is 17.5 Å². The summed E-state index contributed by atoms with van der Waals surface area (Å²) in [5.41, 5.74) is 3.77. The molecule has 0 bridgehead atoms. The average molecular weight is 312 g/mol. The number of hydrogen-bond donors (Lipinski definition) is 0. The van der Waals surface area contributed by atoms with Crippen LogP contribution in [0.15, 0.2) is 30.9 Å². The molecule has 0 radical (unpaired) electrons. The fourth-order valence-electron chi connectivity index (χ4n) is 3.11. The summed E-state index contributed by atoms with van der Waals surface area (Å²) in [5.74, 6) is 0.734. The number of rotatable bonds is 5. The van der Waals surface area contributed by atoms with Crippen LogP contribution in [-0.2, 0) is 17.8 Å². The topological polar surface area (TPSA) is 51.0 Å². The van der Waals surface area contributed by atoms with Crippen LogP contribution >= 0.6 is 0 Å². The number of carbonyl (C=O) groups is 1. The number of aryl methyl sites for hydroxylation is 2. The van der Waals surface area contributed by atoms with Crippen molar-refractivity contribution in [2.75, 3.05) is 11.4 Å². The quantitative estimate of drug-likeness (QED) is 0.852. The molecule has 2 aromatic rings. The third kappa shape index (κ3) is 3.60. The van der Waals surface area contributed by atoms with Gasteiger partial charge in [0.25, 0.3) is 0 Å². The van der Waals surface area contributed by atoms with Gasteiger partial charge in [0.2, 0.25) is 5.91 Å². The molecular formula is C18H24N4O. The van der Waals surface area contributed by atoms with Gasteiger partial charge in [-0.2, -0.15) is 5.10 Å². The molecule has 1 aliphatic rings. The van der Waals surface area contributed by atoms with Gasteiger partial charge in [-0.05, 0) is 42.4 Å². The molecule has 3 rings (SSSR count). The molecule has 0 atom stereocenters. The smallest absolute Gasteiger partial charge is 0.227 e. The van der Waals surface area contributed by atoms with Crippen LogP contribution in [0.4, 0.5) is 5.69 Å². The van der Waals surface area contributed by atoms with Crippen LogP contribution in [0.5, 0.6) is 0 Å². The molecule has 0 unspecified atom stereocenters. The minimum Gasteiger partial charge on any atom is -0.312 e. The van der Waals surface area contributed by atoms with E-state index in [1.807, 2.05) is 4.90 Å². The van der Waals surface area contributed by atoms with Gasteiger partial charge in [0, 0.05) is 25.2 Å². The molecule has 0 fully saturated rings. The highest BCUT2D eigenvalue weighted by molar-refractivity contribution is 5.94. The summed E-state index contributed by atoms with van der Waals surface area (Å²) >= 11 is 0. The van der Waals surface area contributed by atoms with Gasteiger partial charge >= 0.3 is 0 Å². The Morgan fingerprint density at radius 3 is 2.96 bits per heavy atom. The van der Waals surface area contributed by atoms with Crippen LogP contribution < -0.4 is 4.90 Å². The Balaban J connectivity index is 1.65. The van der Waals surface area contributed by atoms with Gasteiger partial charge in [-0.1, -0.05) is 26.0 Å². The van der Waals surface area contributed by atoms with Crippen molar-refractivity contribution < 1.29 is 4.79 Å².